The molecule has 6 aromatic rings. The van der Waals surface area contributed by atoms with Crippen molar-refractivity contribution >= 4 is 18.2 Å². The van der Waals surface area contributed by atoms with Crippen LogP contribution in [0.1, 0.15) is 45.2 Å². The lowest BCUT2D eigenvalue weighted by Crippen LogP contribution is -2.59. The normalized spacial score (nSPS) is 15.8. The van der Waals surface area contributed by atoms with Crippen molar-refractivity contribution in [1.82, 2.24) is 14.8 Å². The molecule has 10 heteroatoms. The molecule has 0 unspecified atom stereocenters. The Morgan fingerprint density at radius 3 is 2.02 bits per heavy atom. The predicted molar refractivity (Wildman–Crippen MR) is 168 cm³/mol. The van der Waals surface area contributed by atoms with Gasteiger partial charge < -0.3 is 27.0 Å². The first-order valence-corrected chi connectivity index (χ1v) is 14.8. The van der Waals surface area contributed by atoms with Gasteiger partial charge in [0.2, 0.25) is 6.33 Å². The van der Waals surface area contributed by atoms with E-state index in [0.717, 1.165) is 34.6 Å². The molecule has 0 aliphatic carbocycles. The van der Waals surface area contributed by atoms with Gasteiger partial charge in [-0.2, -0.15) is 0 Å². The summed E-state index contributed by atoms with van der Waals surface area (Å²) in [6.45, 7) is 6.88. The van der Waals surface area contributed by atoms with E-state index in [1.54, 1.807) is 0 Å². The molecule has 4 aromatic carbocycles. The van der Waals surface area contributed by atoms with Crippen molar-refractivity contribution in [2.45, 2.75) is 45.4 Å². The largest absolute Gasteiger partial charge is 0.673 e. The van der Waals surface area contributed by atoms with Gasteiger partial charge in [0.1, 0.15) is 18.3 Å². The lowest BCUT2D eigenvalue weighted by Gasteiger charge is -2.42. The minimum absolute atomic E-state index is 0.0833. The quantitative estimate of drug-likeness (QED) is 0.121. The molecular formula is C35H33BF4N4O. The van der Waals surface area contributed by atoms with E-state index in [-0.39, 0.29) is 6.04 Å². The molecule has 0 saturated carbocycles. The summed E-state index contributed by atoms with van der Waals surface area (Å²) >= 11 is 0. The van der Waals surface area contributed by atoms with Crippen molar-refractivity contribution < 1.29 is 26.6 Å². The van der Waals surface area contributed by atoms with Crippen LogP contribution in [0.3, 0.4) is 0 Å². The van der Waals surface area contributed by atoms with Crippen LogP contribution in [-0.2, 0) is 23.4 Å². The topological polar surface area (TPSA) is 46.7 Å². The average Bonchev–Trinajstić information content (AvgIpc) is 3.61. The number of halogens is 4. The summed E-state index contributed by atoms with van der Waals surface area (Å²) in [7, 11) is -6.00. The SMILES string of the molecule is Cc1cc(C)c(-n2c[n+]3c(n2)COC(c2ccccc2)(c2ccccc2)[C@@H]3Cc2c[nH]c3ccccc23)c(C)c1.F[B-](F)(F)F. The fourth-order valence-electron chi connectivity index (χ4n) is 6.70. The third-order valence-corrected chi connectivity index (χ3v) is 8.35. The third kappa shape index (κ3) is 6.02. The maximum atomic E-state index is 9.75. The van der Waals surface area contributed by atoms with Crippen LogP contribution in [-0.4, -0.2) is 22.0 Å². The highest BCUT2D eigenvalue weighted by atomic mass is 19.5. The number of aromatic amines is 1. The zero-order chi connectivity index (χ0) is 31.8. The Bertz CT molecular complexity index is 1870. The molecule has 0 saturated heterocycles. The number of ether oxygens (including phenoxy) is 1. The lowest BCUT2D eigenvalue weighted by atomic mass is 9.76. The summed E-state index contributed by atoms with van der Waals surface area (Å²) in [6.07, 6.45) is 5.10. The van der Waals surface area contributed by atoms with Gasteiger partial charge in [0.25, 0.3) is 0 Å². The summed E-state index contributed by atoms with van der Waals surface area (Å²) in [5.74, 6) is 0.923. The van der Waals surface area contributed by atoms with Crippen molar-refractivity contribution in [3.8, 4) is 5.69 Å². The Balaban J connectivity index is 0.000000664. The Morgan fingerprint density at radius 2 is 1.42 bits per heavy atom. The predicted octanol–water partition coefficient (Wildman–Crippen LogP) is 8.12. The summed E-state index contributed by atoms with van der Waals surface area (Å²) in [5.41, 5.74) is 8.79. The van der Waals surface area contributed by atoms with Crippen molar-refractivity contribution in [2.24, 2.45) is 0 Å². The zero-order valence-electron chi connectivity index (χ0n) is 25.2. The van der Waals surface area contributed by atoms with Gasteiger partial charge in [0.15, 0.2) is 5.60 Å². The maximum absolute atomic E-state index is 9.75. The second-order valence-corrected chi connectivity index (χ2v) is 11.5. The van der Waals surface area contributed by atoms with Crippen LogP contribution >= 0.6 is 0 Å². The first kappa shape index (κ1) is 30.3. The van der Waals surface area contributed by atoms with Crippen LogP contribution in [0.15, 0.2) is 110 Å². The highest BCUT2D eigenvalue weighted by Gasteiger charge is 2.51. The number of nitrogens with zero attached hydrogens (tertiary/aromatic N) is 3. The van der Waals surface area contributed by atoms with Crippen molar-refractivity contribution in [3.05, 3.63) is 149 Å². The molecular weight excluding hydrogens is 579 g/mol. The fourth-order valence-corrected chi connectivity index (χ4v) is 6.70. The number of hydrogen-bond donors (Lipinski definition) is 1. The third-order valence-electron chi connectivity index (χ3n) is 8.35. The molecule has 0 spiro atoms. The molecule has 1 N–H and O–H groups in total. The Morgan fingerprint density at radius 1 is 0.867 bits per heavy atom. The Hall–Kier alpha value is -4.70. The van der Waals surface area contributed by atoms with E-state index in [2.05, 4.69) is 145 Å². The van der Waals surface area contributed by atoms with E-state index in [1.165, 1.54) is 27.6 Å². The fraction of sp³-hybridized carbons (Fsp3) is 0.200. The van der Waals surface area contributed by atoms with Crippen molar-refractivity contribution in [2.75, 3.05) is 0 Å². The van der Waals surface area contributed by atoms with Crippen LogP contribution < -0.4 is 4.57 Å². The number of rotatable bonds is 5. The molecule has 3 heterocycles. The molecule has 0 amide bonds. The highest BCUT2D eigenvalue weighted by molar-refractivity contribution is 6.50. The van der Waals surface area contributed by atoms with E-state index in [1.807, 2.05) is 0 Å². The number of para-hydroxylation sites is 1. The van der Waals surface area contributed by atoms with Crippen LogP contribution in [0.4, 0.5) is 17.3 Å². The molecule has 7 rings (SSSR count). The molecule has 0 radical (unpaired) electrons. The van der Waals surface area contributed by atoms with Crippen molar-refractivity contribution in [3.63, 3.8) is 0 Å². The molecule has 1 atom stereocenters. The number of aryl methyl sites for hydroxylation is 3. The average molecular weight is 612 g/mol. The van der Waals surface area contributed by atoms with Crippen LogP contribution in [0.25, 0.3) is 16.6 Å². The monoisotopic (exact) mass is 612 g/mol. The van der Waals surface area contributed by atoms with Gasteiger partial charge in [0, 0.05) is 28.6 Å². The molecule has 2 aromatic heterocycles. The van der Waals surface area contributed by atoms with Gasteiger partial charge >= 0.3 is 13.1 Å². The zero-order valence-corrected chi connectivity index (χ0v) is 25.2. The van der Waals surface area contributed by atoms with Crippen LogP contribution in [0, 0.1) is 20.8 Å². The molecule has 0 bridgehead atoms. The number of nitrogens with one attached hydrogen (secondary N) is 1. The van der Waals surface area contributed by atoms with E-state index in [9.17, 15) is 17.3 Å². The van der Waals surface area contributed by atoms with E-state index in [4.69, 9.17) is 9.84 Å². The second-order valence-electron chi connectivity index (χ2n) is 11.5. The summed E-state index contributed by atoms with van der Waals surface area (Å²) in [6, 6.07) is 34.2. The molecule has 1 aliphatic rings. The van der Waals surface area contributed by atoms with Crippen LogP contribution in [0.5, 0.6) is 0 Å². The number of hydrogen-bond acceptors (Lipinski definition) is 2. The molecule has 5 nitrogen and oxygen atoms in total. The van der Waals surface area contributed by atoms with E-state index >= 15 is 0 Å². The number of benzene rings is 4. The maximum Gasteiger partial charge on any atom is 0.673 e. The lowest BCUT2D eigenvalue weighted by molar-refractivity contribution is -0.758. The van der Waals surface area contributed by atoms with Gasteiger partial charge in [-0.05, 0) is 54.7 Å². The van der Waals surface area contributed by atoms with E-state index < -0.39 is 12.9 Å². The standard InChI is InChI=1S/C35H33N4O.BF4/c1-24-18-25(2)34(26(3)19-24)39-23-38-32(20-27-21-36-31-17-11-10-16-30(27)31)35(40-22-33(38)37-39,28-12-6-4-7-13-28)29-14-8-5-9-15-29;2-1(3,4)5/h4-19,21,23,32,36H,20,22H2,1-3H3;/q+1;-1/t32-;/m0./s1. The first-order valence-electron chi connectivity index (χ1n) is 14.8. The number of aromatic nitrogens is 4. The Kier molecular flexibility index (Phi) is 8.09. The van der Waals surface area contributed by atoms with Gasteiger partial charge in [0.05, 0.1) is 0 Å². The molecule has 230 valence electrons. The van der Waals surface area contributed by atoms with Crippen LogP contribution in [0.2, 0.25) is 0 Å². The van der Waals surface area contributed by atoms with Crippen molar-refractivity contribution in [1.29, 1.82) is 0 Å². The van der Waals surface area contributed by atoms with Gasteiger partial charge in [-0.15, -0.1) is 0 Å². The van der Waals surface area contributed by atoms with E-state index in [0.29, 0.717) is 6.61 Å². The van der Waals surface area contributed by atoms with Gasteiger partial charge in [-0.1, -0.05) is 101 Å². The molecule has 45 heavy (non-hydrogen) atoms. The second kappa shape index (κ2) is 12.0. The summed E-state index contributed by atoms with van der Waals surface area (Å²) < 4.78 is 50.5. The summed E-state index contributed by atoms with van der Waals surface area (Å²) in [5, 5.41) is 6.35. The highest BCUT2D eigenvalue weighted by Crippen LogP contribution is 2.45. The molecule has 0 fully saturated rings. The Labute approximate surface area is 259 Å². The number of H-pyrrole nitrogens is 1. The molecule has 1 aliphatic heterocycles. The smallest absolute Gasteiger partial charge is 0.418 e. The first-order chi connectivity index (χ1) is 21.5. The van der Waals surface area contributed by atoms with Gasteiger partial charge in [-0.25, -0.2) is 4.57 Å². The minimum atomic E-state index is -6.00. The minimum Gasteiger partial charge on any atom is -0.418 e. The number of fused-ring (bicyclic) bond motifs is 2. The van der Waals surface area contributed by atoms with Gasteiger partial charge in [-0.3, -0.25) is 0 Å². The summed E-state index contributed by atoms with van der Waals surface area (Å²) in [4.78, 5) is 3.49.